The monoisotopic (exact) mass is 244 g/mol. The Morgan fingerprint density at radius 3 is 2.59 bits per heavy atom. The summed E-state index contributed by atoms with van der Waals surface area (Å²) in [6.07, 6.45) is 7.95. The molecule has 3 heteroatoms. The molecule has 17 heavy (non-hydrogen) atoms. The Morgan fingerprint density at radius 1 is 1.18 bits per heavy atom. The zero-order chi connectivity index (χ0) is 12.9. The van der Waals surface area contributed by atoms with Gasteiger partial charge in [0.1, 0.15) is 0 Å². The summed E-state index contributed by atoms with van der Waals surface area (Å²) in [6, 6.07) is 0. The molecule has 0 saturated carbocycles. The predicted molar refractivity (Wildman–Crippen MR) is 69.8 cm³/mol. The fourth-order valence-corrected chi connectivity index (χ4v) is 1.72. The molecule has 0 heterocycles. The van der Waals surface area contributed by atoms with E-state index in [1.165, 1.54) is 25.7 Å². The van der Waals surface area contributed by atoms with Crippen molar-refractivity contribution in [3.05, 3.63) is 0 Å². The van der Waals surface area contributed by atoms with Crippen LogP contribution in [-0.2, 0) is 9.53 Å². The van der Waals surface area contributed by atoms with Crippen molar-refractivity contribution in [1.29, 1.82) is 0 Å². The molecule has 0 aliphatic heterocycles. The molecule has 0 bridgehead atoms. The summed E-state index contributed by atoms with van der Waals surface area (Å²) in [7, 11) is 0. The second kappa shape index (κ2) is 11.9. The molecule has 0 rings (SSSR count). The van der Waals surface area contributed by atoms with Gasteiger partial charge in [-0.3, -0.25) is 4.79 Å². The SMILES string of the molecule is CCCCCC(C)CCC(=O)OCCCCO. The van der Waals surface area contributed by atoms with Crippen molar-refractivity contribution in [3.63, 3.8) is 0 Å². The van der Waals surface area contributed by atoms with Crippen molar-refractivity contribution < 1.29 is 14.6 Å². The Bertz CT molecular complexity index is 180. The smallest absolute Gasteiger partial charge is 0.305 e. The average Bonchev–Trinajstić information content (AvgIpc) is 2.32. The van der Waals surface area contributed by atoms with Gasteiger partial charge >= 0.3 is 5.97 Å². The molecule has 1 atom stereocenters. The van der Waals surface area contributed by atoms with Crippen LogP contribution in [-0.4, -0.2) is 24.3 Å². The summed E-state index contributed by atoms with van der Waals surface area (Å²) in [4.78, 5) is 11.4. The zero-order valence-corrected chi connectivity index (χ0v) is 11.4. The quantitative estimate of drug-likeness (QED) is 0.448. The van der Waals surface area contributed by atoms with Crippen LogP contribution in [0, 0.1) is 5.92 Å². The molecule has 1 unspecified atom stereocenters. The second-order valence-electron chi connectivity index (χ2n) is 4.79. The van der Waals surface area contributed by atoms with E-state index in [2.05, 4.69) is 13.8 Å². The van der Waals surface area contributed by atoms with E-state index >= 15 is 0 Å². The number of carbonyl (C=O) groups is 1. The third-order valence-corrected chi connectivity index (χ3v) is 2.96. The minimum Gasteiger partial charge on any atom is -0.466 e. The van der Waals surface area contributed by atoms with Gasteiger partial charge in [-0.15, -0.1) is 0 Å². The van der Waals surface area contributed by atoms with Crippen LogP contribution in [0.25, 0.3) is 0 Å². The van der Waals surface area contributed by atoms with Gasteiger partial charge in [-0.25, -0.2) is 0 Å². The number of aliphatic hydroxyl groups is 1. The van der Waals surface area contributed by atoms with Gasteiger partial charge < -0.3 is 9.84 Å². The van der Waals surface area contributed by atoms with E-state index in [1.807, 2.05) is 0 Å². The molecule has 0 amide bonds. The number of carbonyl (C=O) groups excluding carboxylic acids is 1. The summed E-state index contributed by atoms with van der Waals surface area (Å²) >= 11 is 0. The Hall–Kier alpha value is -0.570. The van der Waals surface area contributed by atoms with Gasteiger partial charge in [0, 0.05) is 13.0 Å². The first-order valence-electron chi connectivity index (χ1n) is 6.97. The van der Waals surface area contributed by atoms with E-state index in [4.69, 9.17) is 9.84 Å². The van der Waals surface area contributed by atoms with E-state index in [0.717, 1.165) is 12.8 Å². The van der Waals surface area contributed by atoms with Crippen molar-refractivity contribution in [1.82, 2.24) is 0 Å². The van der Waals surface area contributed by atoms with E-state index in [0.29, 0.717) is 25.4 Å². The summed E-state index contributed by atoms with van der Waals surface area (Å²) < 4.78 is 5.07. The average molecular weight is 244 g/mol. The Kier molecular flexibility index (Phi) is 11.5. The first-order chi connectivity index (χ1) is 8.20. The van der Waals surface area contributed by atoms with Gasteiger partial charge in [-0.2, -0.15) is 0 Å². The van der Waals surface area contributed by atoms with Gasteiger partial charge in [0.15, 0.2) is 0 Å². The molecule has 3 nitrogen and oxygen atoms in total. The molecule has 102 valence electrons. The van der Waals surface area contributed by atoms with E-state index in [9.17, 15) is 4.79 Å². The standard InChI is InChI=1S/C14H28O3/c1-3-4-5-8-13(2)9-10-14(16)17-12-7-6-11-15/h13,15H,3-12H2,1-2H3. The predicted octanol–water partition coefficient (Wildman–Crippen LogP) is 3.30. The van der Waals surface area contributed by atoms with Crippen LogP contribution in [0.3, 0.4) is 0 Å². The highest BCUT2D eigenvalue weighted by molar-refractivity contribution is 5.69. The van der Waals surface area contributed by atoms with Crippen molar-refractivity contribution in [2.45, 2.75) is 65.2 Å². The van der Waals surface area contributed by atoms with Gasteiger partial charge in [0.2, 0.25) is 0 Å². The second-order valence-corrected chi connectivity index (χ2v) is 4.79. The van der Waals surface area contributed by atoms with Crippen LogP contribution in [0.2, 0.25) is 0 Å². The molecule has 0 aromatic carbocycles. The van der Waals surface area contributed by atoms with E-state index in [-0.39, 0.29) is 12.6 Å². The summed E-state index contributed by atoms with van der Waals surface area (Å²) in [6.45, 7) is 5.03. The Labute approximate surface area is 106 Å². The maximum Gasteiger partial charge on any atom is 0.305 e. The van der Waals surface area contributed by atoms with Crippen LogP contribution in [0.4, 0.5) is 0 Å². The Balaban J connectivity index is 3.36. The lowest BCUT2D eigenvalue weighted by molar-refractivity contribution is -0.144. The summed E-state index contributed by atoms with van der Waals surface area (Å²) in [5.41, 5.74) is 0. The van der Waals surface area contributed by atoms with Crippen molar-refractivity contribution >= 4 is 5.97 Å². The number of ether oxygens (including phenoxy) is 1. The van der Waals surface area contributed by atoms with E-state index in [1.54, 1.807) is 0 Å². The van der Waals surface area contributed by atoms with Gasteiger partial charge in [-0.1, -0.05) is 39.5 Å². The minimum absolute atomic E-state index is 0.0923. The molecule has 0 radical (unpaired) electrons. The molecule has 0 fully saturated rings. The summed E-state index contributed by atoms with van der Waals surface area (Å²) in [5.74, 6) is 0.525. The maximum absolute atomic E-state index is 11.4. The number of aliphatic hydroxyl groups excluding tert-OH is 1. The topological polar surface area (TPSA) is 46.5 Å². The lowest BCUT2D eigenvalue weighted by Gasteiger charge is -2.10. The molecule has 0 aromatic heterocycles. The number of hydrogen-bond donors (Lipinski definition) is 1. The van der Waals surface area contributed by atoms with Crippen LogP contribution in [0.1, 0.15) is 65.2 Å². The Morgan fingerprint density at radius 2 is 1.94 bits per heavy atom. The summed E-state index contributed by atoms with van der Waals surface area (Å²) in [5, 5.41) is 8.57. The lowest BCUT2D eigenvalue weighted by atomic mass is 9.98. The van der Waals surface area contributed by atoms with Crippen LogP contribution < -0.4 is 0 Å². The van der Waals surface area contributed by atoms with Crippen molar-refractivity contribution in [2.24, 2.45) is 5.92 Å². The third kappa shape index (κ3) is 11.7. The number of hydrogen-bond acceptors (Lipinski definition) is 3. The third-order valence-electron chi connectivity index (χ3n) is 2.96. The highest BCUT2D eigenvalue weighted by Gasteiger charge is 2.07. The molecule has 1 N–H and O–H groups in total. The van der Waals surface area contributed by atoms with E-state index < -0.39 is 0 Å². The zero-order valence-electron chi connectivity index (χ0n) is 11.4. The molecule has 0 aliphatic rings. The van der Waals surface area contributed by atoms with Crippen molar-refractivity contribution in [2.75, 3.05) is 13.2 Å². The molecular weight excluding hydrogens is 216 g/mol. The molecule has 0 aliphatic carbocycles. The normalized spacial score (nSPS) is 12.4. The molecule has 0 spiro atoms. The van der Waals surface area contributed by atoms with Crippen LogP contribution in [0.5, 0.6) is 0 Å². The molecular formula is C14H28O3. The van der Waals surface area contributed by atoms with Gasteiger partial charge in [0.25, 0.3) is 0 Å². The van der Waals surface area contributed by atoms with Crippen molar-refractivity contribution in [3.8, 4) is 0 Å². The molecule has 0 saturated heterocycles. The fourth-order valence-electron chi connectivity index (χ4n) is 1.72. The van der Waals surface area contributed by atoms with Crippen LogP contribution >= 0.6 is 0 Å². The minimum atomic E-state index is -0.0923. The first-order valence-corrected chi connectivity index (χ1v) is 6.97. The number of unbranched alkanes of at least 4 members (excludes halogenated alkanes) is 3. The highest BCUT2D eigenvalue weighted by Crippen LogP contribution is 2.15. The maximum atomic E-state index is 11.4. The number of rotatable bonds is 11. The number of esters is 1. The largest absolute Gasteiger partial charge is 0.466 e. The van der Waals surface area contributed by atoms with Gasteiger partial charge in [-0.05, 0) is 25.2 Å². The first kappa shape index (κ1) is 16.4. The fraction of sp³-hybridized carbons (Fsp3) is 0.929. The lowest BCUT2D eigenvalue weighted by Crippen LogP contribution is -2.08. The highest BCUT2D eigenvalue weighted by atomic mass is 16.5. The van der Waals surface area contributed by atoms with Crippen LogP contribution in [0.15, 0.2) is 0 Å². The van der Waals surface area contributed by atoms with Gasteiger partial charge in [0.05, 0.1) is 6.61 Å². The molecule has 0 aromatic rings.